The van der Waals surface area contributed by atoms with Crippen LogP contribution in [0.1, 0.15) is 18.4 Å². The molecule has 1 aromatic carbocycles. The molecule has 0 aromatic heterocycles. The molecular formula is C14H21NO. The normalized spacial score (nSPS) is 16.0. The van der Waals surface area contributed by atoms with Crippen LogP contribution >= 0.6 is 0 Å². The predicted octanol–water partition coefficient (Wildman–Crippen LogP) is 2.34. The Kier molecular flexibility index (Phi) is 4.84. The Morgan fingerprint density at radius 2 is 1.88 bits per heavy atom. The van der Waals surface area contributed by atoms with Crippen molar-refractivity contribution in [1.82, 2.24) is 4.90 Å². The molecule has 0 atom stereocenters. The number of hydrogen-bond acceptors (Lipinski definition) is 2. The van der Waals surface area contributed by atoms with Crippen molar-refractivity contribution in [3.63, 3.8) is 0 Å². The fraction of sp³-hybridized carbons (Fsp3) is 0.571. The molecule has 1 heterocycles. The van der Waals surface area contributed by atoms with Gasteiger partial charge in [0.05, 0.1) is 6.61 Å². The zero-order valence-corrected chi connectivity index (χ0v) is 9.90. The van der Waals surface area contributed by atoms with E-state index in [4.69, 9.17) is 4.74 Å². The number of nitrogens with zero attached hydrogens (tertiary/aromatic N) is 1. The Morgan fingerprint density at radius 3 is 2.56 bits per heavy atom. The number of rotatable bonds is 7. The van der Waals surface area contributed by atoms with E-state index in [1.165, 1.54) is 38.0 Å². The van der Waals surface area contributed by atoms with Crippen molar-refractivity contribution < 1.29 is 4.74 Å². The summed E-state index contributed by atoms with van der Waals surface area (Å²) in [6.07, 6.45) is 3.59. The van der Waals surface area contributed by atoms with E-state index < -0.39 is 0 Å². The highest BCUT2D eigenvalue weighted by Gasteiger charge is 2.11. The highest BCUT2D eigenvalue weighted by atomic mass is 16.5. The van der Waals surface area contributed by atoms with Crippen LogP contribution in [0, 0.1) is 0 Å². The van der Waals surface area contributed by atoms with Crippen LogP contribution in [0.2, 0.25) is 0 Å². The average molecular weight is 219 g/mol. The Balaban J connectivity index is 1.45. The molecule has 0 N–H and O–H groups in total. The lowest BCUT2D eigenvalue weighted by molar-refractivity contribution is 0.109. The van der Waals surface area contributed by atoms with Gasteiger partial charge in [0.15, 0.2) is 0 Å². The maximum atomic E-state index is 5.63. The summed E-state index contributed by atoms with van der Waals surface area (Å²) < 4.78 is 5.63. The van der Waals surface area contributed by atoms with E-state index in [1.807, 2.05) is 0 Å². The molecule has 16 heavy (non-hydrogen) atoms. The zero-order valence-electron chi connectivity index (χ0n) is 9.90. The lowest BCUT2D eigenvalue weighted by Gasteiger charge is -2.30. The third-order valence-corrected chi connectivity index (χ3v) is 3.09. The quantitative estimate of drug-likeness (QED) is 0.653. The molecule has 0 saturated carbocycles. The lowest BCUT2D eigenvalue weighted by atomic mass is 10.2. The van der Waals surface area contributed by atoms with Crippen LogP contribution in [0.5, 0.6) is 0 Å². The molecule has 1 saturated heterocycles. The highest BCUT2D eigenvalue weighted by Crippen LogP contribution is 2.05. The second-order valence-corrected chi connectivity index (χ2v) is 4.40. The van der Waals surface area contributed by atoms with Crippen LogP contribution in [-0.2, 0) is 11.2 Å². The van der Waals surface area contributed by atoms with E-state index in [2.05, 4.69) is 35.2 Å². The summed E-state index contributed by atoms with van der Waals surface area (Å²) in [7, 11) is 0. The summed E-state index contributed by atoms with van der Waals surface area (Å²) in [6.45, 7) is 5.56. The van der Waals surface area contributed by atoms with Crippen molar-refractivity contribution in [2.24, 2.45) is 0 Å². The van der Waals surface area contributed by atoms with E-state index >= 15 is 0 Å². The second kappa shape index (κ2) is 6.66. The first-order valence-electron chi connectivity index (χ1n) is 6.29. The first kappa shape index (κ1) is 11.6. The summed E-state index contributed by atoms with van der Waals surface area (Å²) in [5, 5.41) is 0. The van der Waals surface area contributed by atoms with Gasteiger partial charge in [-0.15, -0.1) is 0 Å². The van der Waals surface area contributed by atoms with Crippen molar-refractivity contribution in [2.45, 2.75) is 19.3 Å². The van der Waals surface area contributed by atoms with Gasteiger partial charge in [-0.05, 0) is 37.9 Å². The van der Waals surface area contributed by atoms with E-state index in [1.54, 1.807) is 0 Å². The Bertz CT molecular complexity index is 282. The predicted molar refractivity (Wildman–Crippen MR) is 66.6 cm³/mol. The fourth-order valence-corrected chi connectivity index (χ4v) is 1.93. The van der Waals surface area contributed by atoms with E-state index in [0.29, 0.717) is 0 Å². The van der Waals surface area contributed by atoms with Gasteiger partial charge in [0.1, 0.15) is 0 Å². The van der Waals surface area contributed by atoms with Crippen LogP contribution in [0.4, 0.5) is 0 Å². The maximum absolute atomic E-state index is 5.63. The number of benzene rings is 1. The topological polar surface area (TPSA) is 12.5 Å². The molecule has 2 nitrogen and oxygen atoms in total. The zero-order chi connectivity index (χ0) is 11.1. The minimum absolute atomic E-state index is 0.851. The van der Waals surface area contributed by atoms with Gasteiger partial charge < -0.3 is 9.64 Å². The average Bonchev–Trinajstić information content (AvgIpc) is 2.27. The van der Waals surface area contributed by atoms with Crippen LogP contribution in [-0.4, -0.2) is 37.7 Å². The first-order chi connectivity index (χ1) is 7.95. The smallest absolute Gasteiger partial charge is 0.0506 e. The van der Waals surface area contributed by atoms with Crippen LogP contribution < -0.4 is 0 Å². The Morgan fingerprint density at radius 1 is 1.06 bits per heavy atom. The van der Waals surface area contributed by atoms with Gasteiger partial charge in [-0.25, -0.2) is 0 Å². The first-order valence-corrected chi connectivity index (χ1v) is 6.29. The molecule has 1 aromatic rings. The van der Waals surface area contributed by atoms with Crippen molar-refractivity contribution >= 4 is 0 Å². The maximum Gasteiger partial charge on any atom is 0.0506 e. The SMILES string of the molecule is c1ccc(CCOCCCN2CCC2)cc1. The molecule has 1 aliphatic heterocycles. The van der Waals surface area contributed by atoms with Gasteiger partial charge in [-0.3, -0.25) is 0 Å². The van der Waals surface area contributed by atoms with Gasteiger partial charge in [-0.2, -0.15) is 0 Å². The molecule has 2 heteroatoms. The molecule has 0 radical (unpaired) electrons. The molecule has 2 rings (SSSR count). The lowest BCUT2D eigenvalue weighted by Crippen LogP contribution is -2.38. The summed E-state index contributed by atoms with van der Waals surface area (Å²) >= 11 is 0. The van der Waals surface area contributed by atoms with Gasteiger partial charge in [0.25, 0.3) is 0 Å². The summed E-state index contributed by atoms with van der Waals surface area (Å²) in [6, 6.07) is 10.5. The molecule has 0 bridgehead atoms. The van der Waals surface area contributed by atoms with E-state index in [9.17, 15) is 0 Å². The molecule has 1 aliphatic rings. The van der Waals surface area contributed by atoms with Crippen molar-refractivity contribution in [2.75, 3.05) is 32.8 Å². The van der Waals surface area contributed by atoms with E-state index in [-0.39, 0.29) is 0 Å². The largest absolute Gasteiger partial charge is 0.381 e. The number of hydrogen-bond donors (Lipinski definition) is 0. The summed E-state index contributed by atoms with van der Waals surface area (Å²) in [5.74, 6) is 0. The Hall–Kier alpha value is -0.860. The highest BCUT2D eigenvalue weighted by molar-refractivity contribution is 5.14. The second-order valence-electron chi connectivity index (χ2n) is 4.40. The molecule has 0 unspecified atom stereocenters. The van der Waals surface area contributed by atoms with Gasteiger partial charge in [0.2, 0.25) is 0 Å². The molecule has 0 aliphatic carbocycles. The Labute approximate surface area is 98.2 Å². The van der Waals surface area contributed by atoms with Crippen molar-refractivity contribution in [3.8, 4) is 0 Å². The van der Waals surface area contributed by atoms with Crippen LogP contribution in [0.3, 0.4) is 0 Å². The third-order valence-electron chi connectivity index (χ3n) is 3.09. The molecule has 88 valence electrons. The number of likely N-dealkylation sites (tertiary alicyclic amines) is 1. The minimum atomic E-state index is 0.851. The minimum Gasteiger partial charge on any atom is -0.381 e. The van der Waals surface area contributed by atoms with Crippen molar-refractivity contribution in [3.05, 3.63) is 35.9 Å². The molecule has 0 amide bonds. The molecular weight excluding hydrogens is 198 g/mol. The fourth-order valence-electron chi connectivity index (χ4n) is 1.93. The van der Waals surface area contributed by atoms with Gasteiger partial charge in [-0.1, -0.05) is 30.3 Å². The standard InChI is InChI=1S/C14H21NO/c1-2-6-14(7-3-1)8-13-16-12-5-11-15-9-4-10-15/h1-3,6-7H,4-5,8-13H2. The van der Waals surface area contributed by atoms with Crippen LogP contribution in [0.15, 0.2) is 30.3 Å². The summed E-state index contributed by atoms with van der Waals surface area (Å²) in [5.41, 5.74) is 1.37. The summed E-state index contributed by atoms with van der Waals surface area (Å²) in [4.78, 5) is 2.49. The number of ether oxygens (including phenoxy) is 1. The third kappa shape index (κ3) is 3.95. The monoisotopic (exact) mass is 219 g/mol. The van der Waals surface area contributed by atoms with Crippen LogP contribution in [0.25, 0.3) is 0 Å². The van der Waals surface area contributed by atoms with Crippen molar-refractivity contribution in [1.29, 1.82) is 0 Å². The van der Waals surface area contributed by atoms with E-state index in [0.717, 1.165) is 19.6 Å². The molecule has 1 fully saturated rings. The molecule has 0 spiro atoms. The van der Waals surface area contributed by atoms with Gasteiger partial charge in [0, 0.05) is 13.2 Å². The van der Waals surface area contributed by atoms with Gasteiger partial charge >= 0.3 is 0 Å².